The lowest BCUT2D eigenvalue weighted by Gasteiger charge is -2.26. The summed E-state index contributed by atoms with van der Waals surface area (Å²) in [5.41, 5.74) is 6.96. The largest absolute Gasteiger partial charge is 0.310 e. The zero-order chi connectivity index (χ0) is 31.5. The summed E-state index contributed by atoms with van der Waals surface area (Å²) in [7, 11) is 0. The van der Waals surface area contributed by atoms with Crippen molar-refractivity contribution in [2.75, 3.05) is 4.90 Å². The molecule has 0 atom stereocenters. The van der Waals surface area contributed by atoms with Gasteiger partial charge in [0.05, 0.1) is 10.2 Å². The van der Waals surface area contributed by atoms with Gasteiger partial charge in [-0.05, 0) is 91.6 Å². The van der Waals surface area contributed by atoms with Crippen molar-refractivity contribution < 1.29 is 0 Å². The lowest BCUT2D eigenvalue weighted by molar-refractivity contribution is 0.867. The molecular formula is C44H32N2S. The standard InChI is InChI=1S/C44H32N2S/c1-28(2)29-11-15-34(16-12-29)44-45-43-41(47-44)24-20-33-14-13-32-19-23-39(27-40(32)42(33)43)46(37-21-17-30-7-3-5-9-35(30)25-37)38-22-18-31-8-4-6-10-36(31)26-38/h3-28H,1-2H3. The average molecular weight is 621 g/mol. The summed E-state index contributed by atoms with van der Waals surface area (Å²) in [5, 5.41) is 10.8. The molecule has 3 heteroatoms. The number of thiazole rings is 1. The Morgan fingerprint density at radius 2 is 1.04 bits per heavy atom. The summed E-state index contributed by atoms with van der Waals surface area (Å²) >= 11 is 1.77. The Hall–Kier alpha value is -5.51. The Kier molecular flexibility index (Phi) is 6.55. The van der Waals surface area contributed by atoms with Crippen LogP contribution < -0.4 is 4.90 Å². The van der Waals surface area contributed by atoms with Crippen molar-refractivity contribution in [3.8, 4) is 10.6 Å². The highest BCUT2D eigenvalue weighted by molar-refractivity contribution is 7.21. The third-order valence-electron chi connectivity index (χ3n) is 9.41. The van der Waals surface area contributed by atoms with Crippen molar-refractivity contribution in [3.63, 3.8) is 0 Å². The second-order valence-electron chi connectivity index (χ2n) is 12.7. The molecule has 0 aliphatic rings. The lowest BCUT2D eigenvalue weighted by atomic mass is 9.99. The minimum Gasteiger partial charge on any atom is -0.310 e. The third-order valence-corrected chi connectivity index (χ3v) is 10.5. The zero-order valence-electron chi connectivity index (χ0n) is 26.3. The SMILES string of the molecule is CC(C)c1ccc(-c2nc3c(ccc4ccc5ccc(N(c6ccc7ccccc7c6)c6ccc7ccccc7c6)cc5c43)s2)cc1. The van der Waals surface area contributed by atoms with Gasteiger partial charge in [-0.2, -0.15) is 0 Å². The van der Waals surface area contributed by atoms with Gasteiger partial charge in [-0.25, -0.2) is 4.98 Å². The van der Waals surface area contributed by atoms with Gasteiger partial charge in [0.15, 0.2) is 0 Å². The number of benzene rings is 8. The second kappa shape index (κ2) is 11.1. The minimum atomic E-state index is 0.507. The van der Waals surface area contributed by atoms with E-state index in [1.165, 1.54) is 58.9 Å². The van der Waals surface area contributed by atoms with E-state index in [0.717, 1.165) is 27.6 Å². The molecule has 0 spiro atoms. The van der Waals surface area contributed by atoms with Crippen molar-refractivity contribution >= 4 is 81.7 Å². The topological polar surface area (TPSA) is 16.1 Å². The van der Waals surface area contributed by atoms with Gasteiger partial charge < -0.3 is 4.90 Å². The van der Waals surface area contributed by atoms with Crippen LogP contribution in [0.3, 0.4) is 0 Å². The quantitative estimate of drug-likeness (QED) is 0.178. The molecule has 0 aliphatic carbocycles. The second-order valence-corrected chi connectivity index (χ2v) is 13.7. The Balaban J connectivity index is 1.26. The number of nitrogens with zero attached hydrogens (tertiary/aromatic N) is 2. The number of anilines is 3. The molecule has 0 bridgehead atoms. The molecule has 0 fully saturated rings. The number of aromatic nitrogens is 1. The van der Waals surface area contributed by atoms with E-state index in [4.69, 9.17) is 4.98 Å². The van der Waals surface area contributed by atoms with Gasteiger partial charge in [-0.1, -0.05) is 123 Å². The summed E-state index contributed by atoms with van der Waals surface area (Å²) in [6, 6.07) is 55.4. The van der Waals surface area contributed by atoms with Gasteiger partial charge in [0, 0.05) is 28.0 Å². The van der Waals surface area contributed by atoms with Crippen molar-refractivity contribution in [2.24, 2.45) is 0 Å². The van der Waals surface area contributed by atoms with E-state index in [9.17, 15) is 0 Å². The average Bonchev–Trinajstić information content (AvgIpc) is 3.56. The van der Waals surface area contributed by atoms with E-state index in [-0.39, 0.29) is 0 Å². The fourth-order valence-electron chi connectivity index (χ4n) is 6.87. The van der Waals surface area contributed by atoms with Gasteiger partial charge >= 0.3 is 0 Å². The van der Waals surface area contributed by atoms with E-state index in [0.29, 0.717) is 5.92 Å². The molecule has 0 aliphatic heterocycles. The van der Waals surface area contributed by atoms with E-state index < -0.39 is 0 Å². The predicted octanol–water partition coefficient (Wildman–Crippen LogP) is 13.2. The maximum Gasteiger partial charge on any atom is 0.124 e. The van der Waals surface area contributed by atoms with Crippen molar-refractivity contribution in [1.29, 1.82) is 0 Å². The molecule has 0 amide bonds. The van der Waals surface area contributed by atoms with Gasteiger partial charge in [-0.15, -0.1) is 11.3 Å². The van der Waals surface area contributed by atoms with Gasteiger partial charge in [-0.3, -0.25) is 0 Å². The van der Waals surface area contributed by atoms with Crippen LogP contribution in [0.2, 0.25) is 0 Å². The third kappa shape index (κ3) is 4.83. The smallest absolute Gasteiger partial charge is 0.124 e. The molecule has 0 saturated carbocycles. The fourth-order valence-corrected chi connectivity index (χ4v) is 7.85. The molecule has 1 aromatic heterocycles. The van der Waals surface area contributed by atoms with E-state index in [1.54, 1.807) is 11.3 Å². The van der Waals surface area contributed by atoms with Crippen molar-refractivity contribution in [3.05, 3.63) is 157 Å². The Labute approximate surface area is 278 Å². The molecule has 9 aromatic rings. The molecule has 9 rings (SSSR count). The maximum absolute atomic E-state index is 5.30. The van der Waals surface area contributed by atoms with Crippen LogP contribution in [-0.2, 0) is 0 Å². The first-order chi connectivity index (χ1) is 23.1. The van der Waals surface area contributed by atoms with E-state index >= 15 is 0 Å². The molecule has 8 aromatic carbocycles. The van der Waals surface area contributed by atoms with Crippen LogP contribution in [-0.4, -0.2) is 4.98 Å². The van der Waals surface area contributed by atoms with Crippen LogP contribution in [0.1, 0.15) is 25.3 Å². The highest BCUT2D eigenvalue weighted by Gasteiger charge is 2.17. The van der Waals surface area contributed by atoms with Crippen LogP contribution in [0.4, 0.5) is 17.1 Å². The summed E-state index contributed by atoms with van der Waals surface area (Å²) in [6.07, 6.45) is 0. The highest BCUT2D eigenvalue weighted by atomic mass is 32.1. The minimum absolute atomic E-state index is 0.507. The molecule has 224 valence electrons. The number of hydrogen-bond acceptors (Lipinski definition) is 3. The van der Waals surface area contributed by atoms with Crippen LogP contribution in [0.25, 0.3) is 63.9 Å². The lowest BCUT2D eigenvalue weighted by Crippen LogP contribution is -2.10. The molecular weight excluding hydrogens is 589 g/mol. The highest BCUT2D eigenvalue weighted by Crippen LogP contribution is 2.42. The summed E-state index contributed by atoms with van der Waals surface area (Å²) < 4.78 is 1.21. The number of hydrogen-bond donors (Lipinski definition) is 0. The normalized spacial score (nSPS) is 11.8. The van der Waals surface area contributed by atoms with Crippen molar-refractivity contribution in [1.82, 2.24) is 4.98 Å². The molecule has 0 unspecified atom stereocenters. The summed E-state index contributed by atoms with van der Waals surface area (Å²) in [4.78, 5) is 7.69. The van der Waals surface area contributed by atoms with Gasteiger partial charge in [0.1, 0.15) is 5.01 Å². The number of rotatable bonds is 5. The Bertz CT molecular complexity index is 2530. The predicted molar refractivity (Wildman–Crippen MR) is 204 cm³/mol. The summed E-state index contributed by atoms with van der Waals surface area (Å²) in [6.45, 7) is 4.47. The monoisotopic (exact) mass is 620 g/mol. The molecule has 0 N–H and O–H groups in total. The molecule has 0 radical (unpaired) electrons. The van der Waals surface area contributed by atoms with Crippen LogP contribution in [0.15, 0.2) is 152 Å². The van der Waals surface area contributed by atoms with Gasteiger partial charge in [0.2, 0.25) is 0 Å². The van der Waals surface area contributed by atoms with Crippen LogP contribution in [0.5, 0.6) is 0 Å². The summed E-state index contributed by atoms with van der Waals surface area (Å²) in [5.74, 6) is 0.507. The Morgan fingerprint density at radius 1 is 0.511 bits per heavy atom. The van der Waals surface area contributed by atoms with E-state index in [2.05, 4.69) is 170 Å². The fraction of sp³-hybridized carbons (Fsp3) is 0.0682. The van der Waals surface area contributed by atoms with E-state index in [1.807, 2.05) is 0 Å². The molecule has 47 heavy (non-hydrogen) atoms. The number of fused-ring (bicyclic) bond motifs is 7. The van der Waals surface area contributed by atoms with Crippen LogP contribution in [0, 0.1) is 0 Å². The first-order valence-electron chi connectivity index (χ1n) is 16.2. The molecule has 2 nitrogen and oxygen atoms in total. The van der Waals surface area contributed by atoms with Gasteiger partial charge in [0.25, 0.3) is 0 Å². The Morgan fingerprint density at radius 3 is 1.68 bits per heavy atom. The maximum atomic E-state index is 5.30. The molecule has 0 saturated heterocycles. The zero-order valence-corrected chi connectivity index (χ0v) is 27.1. The van der Waals surface area contributed by atoms with Crippen LogP contribution >= 0.6 is 11.3 Å². The first-order valence-corrected chi connectivity index (χ1v) is 17.0. The first kappa shape index (κ1) is 27.8. The molecule has 1 heterocycles. The van der Waals surface area contributed by atoms with Crippen molar-refractivity contribution in [2.45, 2.75) is 19.8 Å².